The van der Waals surface area contributed by atoms with Gasteiger partial charge in [0.1, 0.15) is 0 Å². The molecular formula is C48H32N4S. The summed E-state index contributed by atoms with van der Waals surface area (Å²) >= 11 is 1.94. The van der Waals surface area contributed by atoms with Gasteiger partial charge >= 0.3 is 0 Å². The van der Waals surface area contributed by atoms with E-state index in [1.165, 1.54) is 64.2 Å². The van der Waals surface area contributed by atoms with Gasteiger partial charge in [-0.3, -0.25) is 0 Å². The molecule has 0 atom stereocenters. The Morgan fingerprint density at radius 3 is 1.85 bits per heavy atom. The predicted molar refractivity (Wildman–Crippen MR) is 221 cm³/mol. The lowest BCUT2D eigenvalue weighted by Gasteiger charge is -2.22. The van der Waals surface area contributed by atoms with E-state index in [1.807, 2.05) is 47.7 Å². The van der Waals surface area contributed by atoms with Crippen LogP contribution in [0, 0.1) is 0 Å². The van der Waals surface area contributed by atoms with Gasteiger partial charge in [-0.25, -0.2) is 15.0 Å². The summed E-state index contributed by atoms with van der Waals surface area (Å²) in [4.78, 5) is 15.1. The molecule has 1 aliphatic carbocycles. The number of rotatable bonds is 4. The van der Waals surface area contributed by atoms with Crippen molar-refractivity contribution in [1.29, 1.82) is 0 Å². The van der Waals surface area contributed by atoms with Crippen LogP contribution in [0.5, 0.6) is 0 Å². The summed E-state index contributed by atoms with van der Waals surface area (Å²) in [6, 6.07) is 55.9. The molecule has 0 fully saturated rings. The largest absolute Gasteiger partial charge is 0.309 e. The van der Waals surface area contributed by atoms with Crippen molar-refractivity contribution < 1.29 is 0 Å². The first-order valence-corrected chi connectivity index (χ1v) is 18.9. The van der Waals surface area contributed by atoms with Crippen LogP contribution in [-0.4, -0.2) is 19.5 Å². The molecule has 53 heavy (non-hydrogen) atoms. The molecular weight excluding hydrogens is 665 g/mol. The molecule has 4 nitrogen and oxygen atoms in total. The first-order valence-electron chi connectivity index (χ1n) is 18.0. The molecule has 3 aromatic heterocycles. The minimum atomic E-state index is -0.172. The van der Waals surface area contributed by atoms with Gasteiger partial charge in [-0.05, 0) is 41.0 Å². The van der Waals surface area contributed by atoms with Crippen LogP contribution in [0.25, 0.3) is 93.0 Å². The van der Waals surface area contributed by atoms with Gasteiger partial charge in [-0.2, -0.15) is 0 Å². The number of hydrogen-bond donors (Lipinski definition) is 0. The van der Waals surface area contributed by atoms with Crippen molar-refractivity contribution in [1.82, 2.24) is 19.5 Å². The van der Waals surface area contributed by atoms with E-state index in [9.17, 15) is 0 Å². The molecule has 0 saturated carbocycles. The third-order valence-electron chi connectivity index (χ3n) is 11.0. The lowest BCUT2D eigenvalue weighted by atomic mass is 9.81. The Morgan fingerprint density at radius 2 is 1.11 bits per heavy atom. The Morgan fingerprint density at radius 1 is 0.528 bits per heavy atom. The van der Waals surface area contributed by atoms with Crippen LogP contribution in [0.1, 0.15) is 25.0 Å². The fourth-order valence-corrected chi connectivity index (χ4v) is 10.1. The van der Waals surface area contributed by atoms with Gasteiger partial charge < -0.3 is 4.57 Å². The van der Waals surface area contributed by atoms with Crippen molar-refractivity contribution in [2.45, 2.75) is 19.3 Å². The molecule has 0 unspecified atom stereocenters. The third-order valence-corrected chi connectivity index (χ3v) is 12.2. The van der Waals surface area contributed by atoms with E-state index in [-0.39, 0.29) is 5.41 Å². The Bertz CT molecular complexity index is 3020. The number of aromatic nitrogens is 4. The van der Waals surface area contributed by atoms with E-state index in [0.29, 0.717) is 17.5 Å². The lowest BCUT2D eigenvalue weighted by molar-refractivity contribution is 0.667. The molecule has 250 valence electrons. The molecule has 0 N–H and O–H groups in total. The maximum atomic E-state index is 5.09. The van der Waals surface area contributed by atoms with Crippen molar-refractivity contribution in [3.05, 3.63) is 169 Å². The lowest BCUT2D eigenvalue weighted by Crippen LogP contribution is -2.15. The summed E-state index contributed by atoms with van der Waals surface area (Å²) in [5.41, 5.74) is 11.6. The smallest absolute Gasteiger partial charge is 0.164 e. The summed E-state index contributed by atoms with van der Waals surface area (Å²) in [7, 11) is 0. The molecule has 1 aliphatic rings. The van der Waals surface area contributed by atoms with Crippen molar-refractivity contribution in [2.75, 3.05) is 0 Å². The maximum absolute atomic E-state index is 5.09. The molecule has 11 rings (SSSR count). The van der Waals surface area contributed by atoms with Crippen LogP contribution < -0.4 is 0 Å². The molecule has 0 saturated heterocycles. The van der Waals surface area contributed by atoms with E-state index < -0.39 is 0 Å². The van der Waals surface area contributed by atoms with Crippen molar-refractivity contribution in [2.24, 2.45) is 0 Å². The number of fused-ring (bicyclic) bond motifs is 12. The first-order chi connectivity index (χ1) is 26.1. The predicted octanol–water partition coefficient (Wildman–Crippen LogP) is 12.6. The number of nitrogens with zero attached hydrogens (tertiary/aromatic N) is 4. The summed E-state index contributed by atoms with van der Waals surface area (Å²) in [6.45, 7) is 4.80. The van der Waals surface area contributed by atoms with Gasteiger partial charge in [-0.15, -0.1) is 11.3 Å². The number of thiophene rings is 1. The molecule has 0 radical (unpaired) electrons. The monoisotopic (exact) mass is 696 g/mol. The van der Waals surface area contributed by atoms with Gasteiger partial charge in [-0.1, -0.05) is 147 Å². The van der Waals surface area contributed by atoms with Crippen LogP contribution in [0.15, 0.2) is 158 Å². The van der Waals surface area contributed by atoms with E-state index in [1.54, 1.807) is 0 Å². The average molecular weight is 697 g/mol. The van der Waals surface area contributed by atoms with E-state index in [0.717, 1.165) is 22.4 Å². The molecule has 3 heterocycles. The van der Waals surface area contributed by atoms with E-state index >= 15 is 0 Å². The molecule has 0 amide bonds. The van der Waals surface area contributed by atoms with Crippen LogP contribution in [0.2, 0.25) is 0 Å². The second-order valence-corrected chi connectivity index (χ2v) is 15.4. The van der Waals surface area contributed by atoms with Crippen molar-refractivity contribution >= 4 is 53.3 Å². The second kappa shape index (κ2) is 11.3. The Balaban J connectivity index is 1.24. The van der Waals surface area contributed by atoms with Crippen LogP contribution in [-0.2, 0) is 5.41 Å². The fraction of sp³-hybridized carbons (Fsp3) is 0.0625. The van der Waals surface area contributed by atoms with Gasteiger partial charge in [0.05, 0.1) is 11.0 Å². The zero-order valence-corrected chi connectivity index (χ0v) is 30.0. The first kappa shape index (κ1) is 30.2. The van der Waals surface area contributed by atoms with Crippen LogP contribution in [0.4, 0.5) is 0 Å². The molecule has 0 bridgehead atoms. The second-order valence-electron chi connectivity index (χ2n) is 14.4. The standard InChI is InChI=1S/C48H32N4S/c1-48(2)36-25-12-9-22-33(36)41-42(48)44-40(35-24-11-14-27-38(35)53-44)39-34-23-10-13-26-37(34)52(43(39)41)32-21-15-20-31(28-32)47-50-45(29-16-5-3-6-17-29)49-46(51-47)30-18-7-4-8-19-30/h3-28H,1-2H3. The Kier molecular flexibility index (Phi) is 6.43. The highest BCUT2D eigenvalue weighted by Gasteiger charge is 2.40. The highest BCUT2D eigenvalue weighted by Crippen LogP contribution is 2.58. The van der Waals surface area contributed by atoms with E-state index in [2.05, 4.69) is 140 Å². The number of hydrogen-bond acceptors (Lipinski definition) is 4. The Hall–Kier alpha value is -6.43. The van der Waals surface area contributed by atoms with Crippen molar-refractivity contribution in [3.63, 3.8) is 0 Å². The molecule has 7 aromatic carbocycles. The topological polar surface area (TPSA) is 43.6 Å². The minimum absolute atomic E-state index is 0.172. The van der Waals surface area contributed by atoms with Gasteiger partial charge in [0.25, 0.3) is 0 Å². The molecule has 0 aliphatic heterocycles. The third kappa shape index (κ3) is 4.38. The normalized spacial score (nSPS) is 13.2. The zero-order chi connectivity index (χ0) is 35.3. The maximum Gasteiger partial charge on any atom is 0.164 e. The van der Waals surface area contributed by atoms with E-state index in [4.69, 9.17) is 15.0 Å². The summed E-state index contributed by atoms with van der Waals surface area (Å²) < 4.78 is 5.20. The summed E-state index contributed by atoms with van der Waals surface area (Å²) in [6.07, 6.45) is 0. The molecule has 5 heteroatoms. The molecule has 10 aromatic rings. The van der Waals surface area contributed by atoms with Gasteiger partial charge in [0.15, 0.2) is 17.5 Å². The Labute approximate surface area is 310 Å². The highest BCUT2D eigenvalue weighted by atomic mass is 32.1. The minimum Gasteiger partial charge on any atom is -0.309 e. The van der Waals surface area contributed by atoms with Gasteiger partial charge in [0.2, 0.25) is 0 Å². The average Bonchev–Trinajstić information content (AvgIpc) is 3.84. The fourth-order valence-electron chi connectivity index (χ4n) is 8.66. The number of para-hydroxylation sites is 1. The zero-order valence-electron chi connectivity index (χ0n) is 29.2. The van der Waals surface area contributed by atoms with Gasteiger partial charge in [0, 0.05) is 64.3 Å². The highest BCUT2D eigenvalue weighted by molar-refractivity contribution is 7.26. The van der Waals surface area contributed by atoms with Crippen LogP contribution in [0.3, 0.4) is 0 Å². The van der Waals surface area contributed by atoms with Crippen molar-refractivity contribution in [3.8, 4) is 51.0 Å². The summed E-state index contributed by atoms with van der Waals surface area (Å²) in [5, 5.41) is 5.23. The summed E-state index contributed by atoms with van der Waals surface area (Å²) in [5.74, 6) is 1.95. The van der Waals surface area contributed by atoms with Crippen LogP contribution >= 0.6 is 11.3 Å². The SMILES string of the molecule is CC1(C)c2ccccc2-c2c1c1sc3ccccc3c1c1c3ccccc3n(-c3cccc(-c4nc(-c5ccccc5)nc(-c5ccccc5)n4)c3)c21. The quantitative estimate of drug-likeness (QED) is 0.184. The number of benzene rings is 7. The molecule has 0 spiro atoms.